The fourth-order valence-corrected chi connectivity index (χ4v) is 4.19. The van der Waals surface area contributed by atoms with Gasteiger partial charge in [0.05, 0.1) is 11.9 Å². The number of nitrogens with two attached hydrogens (primary N) is 1. The first-order valence-corrected chi connectivity index (χ1v) is 10.0. The Bertz CT molecular complexity index is 883. The second kappa shape index (κ2) is 7.56. The Hall–Kier alpha value is -0.890. The second-order valence-electron chi connectivity index (χ2n) is 4.97. The van der Waals surface area contributed by atoms with Crippen molar-refractivity contribution in [2.24, 2.45) is 0 Å². The van der Waals surface area contributed by atoms with Gasteiger partial charge < -0.3 is 16.0 Å². The predicted molar refractivity (Wildman–Crippen MR) is 121 cm³/mol. The molecule has 122 valence electrons. The van der Waals surface area contributed by atoms with Crippen LogP contribution in [0.1, 0.15) is 10.4 Å². The number of aromatic nitrogens is 2. The fraction of sp³-hybridized carbons (Fsp3) is 0. The highest BCUT2D eigenvalue weighted by Gasteiger charge is 2.11. The van der Waals surface area contributed by atoms with Crippen molar-refractivity contribution < 1.29 is 4.79 Å². The summed E-state index contributed by atoms with van der Waals surface area (Å²) in [4.78, 5) is 19.4. The predicted octanol–water partition coefficient (Wildman–Crippen LogP) is 4.73. The lowest BCUT2D eigenvalue weighted by molar-refractivity contribution is 0.102. The van der Waals surface area contributed by atoms with Crippen LogP contribution in [0, 0.1) is 10.7 Å². The van der Waals surface area contributed by atoms with Crippen molar-refractivity contribution in [3.63, 3.8) is 0 Å². The summed E-state index contributed by atoms with van der Waals surface area (Å²) < 4.78 is 3.29. The number of nitrogens with zero attached hydrogens (tertiary/aromatic N) is 1. The minimum Gasteiger partial charge on any atom is -0.369 e. The maximum Gasteiger partial charge on any atom is 0.255 e. The van der Waals surface area contributed by atoms with E-state index in [0.717, 1.165) is 27.7 Å². The molecule has 0 bridgehead atoms. The molecule has 0 aliphatic heterocycles. The number of hydrogen-bond donors (Lipinski definition) is 3. The lowest BCUT2D eigenvalue weighted by Gasteiger charge is -2.08. The summed E-state index contributed by atoms with van der Waals surface area (Å²) in [6.07, 6.45) is 1.68. The molecule has 1 aromatic heterocycles. The molecule has 2 aromatic carbocycles. The number of aromatic amines is 1. The van der Waals surface area contributed by atoms with Gasteiger partial charge in [-0.05, 0) is 97.6 Å². The van der Waals surface area contributed by atoms with Crippen molar-refractivity contribution >= 4 is 85.3 Å². The van der Waals surface area contributed by atoms with Crippen LogP contribution in [0.15, 0.2) is 42.6 Å². The van der Waals surface area contributed by atoms with Gasteiger partial charge in [0.15, 0.2) is 5.95 Å². The monoisotopic (exact) mass is 656 g/mol. The molecule has 0 saturated heterocycles. The molecule has 0 fully saturated rings. The van der Waals surface area contributed by atoms with Gasteiger partial charge in [-0.3, -0.25) is 4.79 Å². The molecule has 8 heteroatoms. The Balaban J connectivity index is 1.77. The number of nitrogens with one attached hydrogen (secondary N) is 2. The minimum atomic E-state index is -0.124. The first kappa shape index (κ1) is 17.9. The van der Waals surface area contributed by atoms with E-state index < -0.39 is 0 Å². The SMILES string of the molecule is Nc1ncc(-c2ccc(NC(=O)c3cc(I)c(I)c(I)c3)cc2)[nH]1. The van der Waals surface area contributed by atoms with Crippen LogP contribution in [0.3, 0.4) is 0 Å². The van der Waals surface area contributed by atoms with E-state index in [9.17, 15) is 4.79 Å². The highest BCUT2D eigenvalue weighted by Crippen LogP contribution is 2.24. The Morgan fingerprint density at radius 3 is 2.25 bits per heavy atom. The van der Waals surface area contributed by atoms with E-state index in [2.05, 4.69) is 83.1 Å². The topological polar surface area (TPSA) is 83.8 Å². The van der Waals surface area contributed by atoms with Crippen LogP contribution < -0.4 is 11.1 Å². The Morgan fingerprint density at radius 1 is 1.08 bits per heavy atom. The molecule has 0 aliphatic carbocycles. The van der Waals surface area contributed by atoms with Gasteiger partial charge in [0, 0.05) is 22.0 Å². The largest absolute Gasteiger partial charge is 0.369 e. The highest BCUT2D eigenvalue weighted by molar-refractivity contribution is 14.1. The van der Waals surface area contributed by atoms with Gasteiger partial charge in [0.2, 0.25) is 0 Å². The summed E-state index contributed by atoms with van der Waals surface area (Å²) in [5.41, 5.74) is 8.76. The quantitative estimate of drug-likeness (QED) is 0.282. The zero-order valence-corrected chi connectivity index (χ0v) is 18.6. The lowest BCUT2D eigenvalue weighted by Crippen LogP contribution is -2.12. The average molecular weight is 656 g/mol. The molecule has 4 N–H and O–H groups in total. The van der Waals surface area contributed by atoms with E-state index in [4.69, 9.17) is 5.73 Å². The lowest BCUT2D eigenvalue weighted by atomic mass is 10.1. The van der Waals surface area contributed by atoms with Crippen LogP contribution in [-0.2, 0) is 0 Å². The van der Waals surface area contributed by atoms with Crippen molar-refractivity contribution in [3.8, 4) is 11.3 Å². The average Bonchev–Trinajstić information content (AvgIpc) is 2.99. The summed E-state index contributed by atoms with van der Waals surface area (Å²) >= 11 is 6.76. The zero-order chi connectivity index (χ0) is 17.3. The van der Waals surface area contributed by atoms with Gasteiger partial charge in [0.25, 0.3) is 5.91 Å². The molecular weight excluding hydrogens is 645 g/mol. The number of carbonyl (C=O) groups is 1. The third-order valence-electron chi connectivity index (χ3n) is 3.30. The molecule has 0 unspecified atom stereocenters. The standard InChI is InChI=1S/C16H11I3N4O/c17-11-5-9(6-12(18)14(11)19)15(24)22-10-3-1-8(2-4-10)13-7-21-16(20)23-13/h1-7H,(H,22,24)(H3,20,21,23). The minimum absolute atomic E-state index is 0.124. The van der Waals surface area contributed by atoms with Crippen LogP contribution in [0.25, 0.3) is 11.3 Å². The molecule has 0 aliphatic rings. The number of anilines is 2. The second-order valence-corrected chi connectivity index (χ2v) is 8.37. The summed E-state index contributed by atoms with van der Waals surface area (Å²) in [7, 11) is 0. The van der Waals surface area contributed by atoms with Gasteiger partial charge in [-0.2, -0.15) is 0 Å². The maximum atomic E-state index is 12.4. The van der Waals surface area contributed by atoms with Crippen molar-refractivity contribution in [2.45, 2.75) is 0 Å². The van der Waals surface area contributed by atoms with Crippen LogP contribution >= 0.6 is 67.8 Å². The van der Waals surface area contributed by atoms with Gasteiger partial charge in [-0.15, -0.1) is 0 Å². The number of halogens is 3. The number of carbonyl (C=O) groups excluding carboxylic acids is 1. The number of nitrogen functional groups attached to an aromatic ring is 1. The summed E-state index contributed by atoms with van der Waals surface area (Å²) in [6.45, 7) is 0. The van der Waals surface area contributed by atoms with Crippen molar-refractivity contribution in [3.05, 3.63) is 58.9 Å². The maximum absolute atomic E-state index is 12.4. The number of rotatable bonds is 3. The van der Waals surface area contributed by atoms with E-state index >= 15 is 0 Å². The number of H-pyrrole nitrogens is 1. The Kier molecular flexibility index (Phi) is 5.64. The third-order valence-corrected chi connectivity index (χ3v) is 8.22. The molecule has 5 nitrogen and oxygen atoms in total. The molecule has 24 heavy (non-hydrogen) atoms. The summed E-state index contributed by atoms with van der Waals surface area (Å²) in [6, 6.07) is 11.3. The molecule has 1 heterocycles. The van der Waals surface area contributed by atoms with E-state index in [1.165, 1.54) is 0 Å². The first-order chi connectivity index (χ1) is 11.4. The van der Waals surface area contributed by atoms with Crippen molar-refractivity contribution in [1.29, 1.82) is 0 Å². The summed E-state index contributed by atoms with van der Waals surface area (Å²) in [5.74, 6) is 0.256. The Labute approximate surface area is 179 Å². The number of amides is 1. The molecule has 3 aromatic rings. The fourth-order valence-electron chi connectivity index (χ4n) is 2.11. The molecule has 0 saturated carbocycles. The van der Waals surface area contributed by atoms with Gasteiger partial charge in [-0.1, -0.05) is 12.1 Å². The number of benzene rings is 2. The highest BCUT2D eigenvalue weighted by atomic mass is 127. The normalized spacial score (nSPS) is 10.6. The van der Waals surface area contributed by atoms with E-state index in [-0.39, 0.29) is 5.91 Å². The van der Waals surface area contributed by atoms with Crippen molar-refractivity contribution in [1.82, 2.24) is 9.97 Å². The number of imidazole rings is 1. The van der Waals surface area contributed by atoms with Gasteiger partial charge in [-0.25, -0.2) is 4.98 Å². The van der Waals surface area contributed by atoms with Gasteiger partial charge in [0.1, 0.15) is 0 Å². The number of hydrogen-bond acceptors (Lipinski definition) is 3. The van der Waals surface area contributed by atoms with Crippen molar-refractivity contribution in [2.75, 3.05) is 11.1 Å². The van der Waals surface area contributed by atoms with E-state index in [1.807, 2.05) is 36.4 Å². The molecule has 1 amide bonds. The van der Waals surface area contributed by atoms with Crippen LogP contribution in [0.2, 0.25) is 0 Å². The van der Waals surface area contributed by atoms with Crippen LogP contribution in [0.4, 0.5) is 11.6 Å². The summed E-state index contributed by atoms with van der Waals surface area (Å²) in [5, 5.41) is 2.92. The molecule has 3 rings (SSSR count). The molecule has 0 spiro atoms. The Morgan fingerprint density at radius 2 is 1.71 bits per heavy atom. The van der Waals surface area contributed by atoms with Gasteiger partial charge >= 0.3 is 0 Å². The molecule has 0 radical (unpaired) electrons. The van der Waals surface area contributed by atoms with Crippen LogP contribution in [-0.4, -0.2) is 15.9 Å². The molecule has 0 atom stereocenters. The first-order valence-electron chi connectivity index (χ1n) is 6.81. The molecular formula is C16H11I3N4O. The third kappa shape index (κ3) is 4.02. The van der Waals surface area contributed by atoms with E-state index in [1.54, 1.807) is 6.20 Å². The van der Waals surface area contributed by atoms with E-state index in [0.29, 0.717) is 11.5 Å². The zero-order valence-electron chi connectivity index (χ0n) is 12.1. The van der Waals surface area contributed by atoms with Crippen LogP contribution in [0.5, 0.6) is 0 Å². The smallest absolute Gasteiger partial charge is 0.255 e.